The molecule has 0 unspecified atom stereocenters. The Morgan fingerprint density at radius 3 is 2.62 bits per heavy atom. The van der Waals surface area contributed by atoms with Crippen LogP contribution >= 0.6 is 0 Å². The molecule has 5 rings (SSSR count). The van der Waals surface area contributed by atoms with Gasteiger partial charge in [0.05, 0.1) is 12.0 Å². The lowest BCUT2D eigenvalue weighted by Crippen LogP contribution is -2.70. The maximum absolute atomic E-state index is 14.9. The van der Waals surface area contributed by atoms with Crippen LogP contribution in [0.2, 0.25) is 0 Å². The fourth-order valence-corrected chi connectivity index (χ4v) is 5.49. The van der Waals surface area contributed by atoms with Gasteiger partial charge in [-0.05, 0) is 38.2 Å². The zero-order chi connectivity index (χ0) is 24.7. The van der Waals surface area contributed by atoms with Crippen LogP contribution in [0.4, 0.5) is 8.78 Å². The van der Waals surface area contributed by atoms with Crippen LogP contribution in [0, 0.1) is 23.2 Å². The Morgan fingerprint density at radius 2 is 2.03 bits per heavy atom. The van der Waals surface area contributed by atoms with Gasteiger partial charge in [0.1, 0.15) is 12.1 Å². The summed E-state index contributed by atoms with van der Waals surface area (Å²) in [5.41, 5.74) is -1.74. The van der Waals surface area contributed by atoms with Crippen LogP contribution in [-0.4, -0.2) is 58.3 Å². The molecule has 4 fully saturated rings. The molecule has 1 aliphatic carbocycles. The van der Waals surface area contributed by atoms with Crippen LogP contribution in [-0.2, 0) is 20.0 Å². The average molecular weight is 475 g/mol. The number of carbonyl (C=O) groups is 3. The highest BCUT2D eigenvalue weighted by molar-refractivity contribution is 5.93. The molecule has 3 heterocycles. The highest BCUT2D eigenvalue weighted by atomic mass is 19.3. The summed E-state index contributed by atoms with van der Waals surface area (Å²) in [4.78, 5) is 39.8. The number of amides is 3. The Morgan fingerprint density at radius 1 is 1.32 bits per heavy atom. The van der Waals surface area contributed by atoms with Crippen molar-refractivity contribution in [2.24, 2.45) is 11.8 Å². The first-order valence-electron chi connectivity index (χ1n) is 11.5. The van der Waals surface area contributed by atoms with Crippen LogP contribution in [0.5, 0.6) is 0 Å². The second-order valence-corrected chi connectivity index (χ2v) is 9.60. The van der Waals surface area contributed by atoms with Crippen molar-refractivity contribution >= 4 is 17.7 Å². The van der Waals surface area contributed by atoms with Crippen LogP contribution in [0.1, 0.15) is 44.6 Å². The molecule has 10 heteroatoms. The number of halogens is 2. The van der Waals surface area contributed by atoms with Crippen LogP contribution < -0.4 is 10.6 Å². The molecule has 1 saturated carbocycles. The third kappa shape index (κ3) is 4.25. The Hall–Kier alpha value is -3.06. The molecule has 0 aromatic heterocycles. The van der Waals surface area contributed by atoms with Gasteiger partial charge in [0.15, 0.2) is 5.60 Å². The van der Waals surface area contributed by atoms with Gasteiger partial charge in [-0.2, -0.15) is 5.26 Å². The first-order valence-corrected chi connectivity index (χ1v) is 11.5. The van der Waals surface area contributed by atoms with Gasteiger partial charge in [-0.1, -0.05) is 30.3 Å². The highest BCUT2D eigenvalue weighted by Gasteiger charge is 2.62. The first-order chi connectivity index (χ1) is 16.1. The van der Waals surface area contributed by atoms with Gasteiger partial charge in [-0.3, -0.25) is 14.4 Å². The smallest absolute Gasteiger partial charge is 0.259 e. The van der Waals surface area contributed by atoms with Crippen molar-refractivity contribution in [3.8, 4) is 6.07 Å². The Kier molecular flexibility index (Phi) is 6.34. The van der Waals surface area contributed by atoms with Gasteiger partial charge in [-0.25, -0.2) is 8.78 Å². The number of hydrogen-bond acceptors (Lipinski definition) is 5. The van der Waals surface area contributed by atoms with E-state index >= 15 is 0 Å². The number of hydrogen-bond donors (Lipinski definition) is 3. The monoisotopic (exact) mass is 474 g/mol. The molecule has 182 valence electrons. The van der Waals surface area contributed by atoms with E-state index in [2.05, 4.69) is 10.6 Å². The average Bonchev–Trinajstić information content (AvgIpc) is 3.21. The van der Waals surface area contributed by atoms with Crippen molar-refractivity contribution in [1.82, 2.24) is 15.5 Å². The van der Waals surface area contributed by atoms with Gasteiger partial charge < -0.3 is 20.6 Å². The van der Waals surface area contributed by atoms with Crippen LogP contribution in [0.25, 0.3) is 0 Å². The van der Waals surface area contributed by atoms with Gasteiger partial charge in [0.2, 0.25) is 11.8 Å². The van der Waals surface area contributed by atoms with Gasteiger partial charge in [0.25, 0.3) is 11.8 Å². The zero-order valence-electron chi connectivity index (χ0n) is 18.8. The van der Waals surface area contributed by atoms with E-state index in [9.17, 15) is 33.5 Å². The molecule has 3 amide bonds. The minimum absolute atomic E-state index is 0.0509. The molecule has 1 aromatic carbocycles. The SMILES string of the molecule is C[C@](O)(C(=O)N1[C@@H]2CC[C@H]([C@@H]1C(=O)N[C@H](C#N)C[C@@H]1CCNC1=O)C(F)(F)C2)c1ccccc1. The summed E-state index contributed by atoms with van der Waals surface area (Å²) in [7, 11) is 0. The number of carbonyl (C=O) groups excluding carboxylic acids is 3. The predicted octanol–water partition coefficient (Wildman–Crippen LogP) is 1.44. The van der Waals surface area contributed by atoms with E-state index in [1.165, 1.54) is 6.92 Å². The van der Waals surface area contributed by atoms with Gasteiger partial charge in [0, 0.05) is 24.9 Å². The van der Waals surface area contributed by atoms with Gasteiger partial charge in [-0.15, -0.1) is 0 Å². The quantitative estimate of drug-likeness (QED) is 0.576. The Balaban J connectivity index is 1.60. The largest absolute Gasteiger partial charge is 0.376 e. The molecule has 8 nitrogen and oxygen atoms in total. The summed E-state index contributed by atoms with van der Waals surface area (Å²) >= 11 is 0. The Bertz CT molecular complexity index is 1010. The normalized spacial score (nSPS) is 30.1. The lowest BCUT2D eigenvalue weighted by molar-refractivity contribution is -0.203. The van der Waals surface area contributed by atoms with E-state index in [1.54, 1.807) is 30.3 Å². The number of nitrogens with one attached hydrogen (secondary N) is 2. The van der Waals surface area contributed by atoms with Crippen LogP contribution in [0.3, 0.4) is 0 Å². The lowest BCUT2D eigenvalue weighted by atomic mass is 9.70. The Labute approximate surface area is 196 Å². The maximum atomic E-state index is 14.9. The minimum Gasteiger partial charge on any atom is -0.376 e. The number of nitriles is 1. The van der Waals surface area contributed by atoms with E-state index in [4.69, 9.17) is 0 Å². The number of rotatable bonds is 6. The van der Waals surface area contributed by atoms with E-state index in [0.29, 0.717) is 19.4 Å². The number of piperidine rings is 2. The summed E-state index contributed by atoms with van der Waals surface area (Å²) in [6, 6.07) is 6.55. The number of fused-ring (bicyclic) bond motifs is 3. The number of benzene rings is 1. The maximum Gasteiger partial charge on any atom is 0.259 e. The standard InChI is InChI=1S/C24H28F2N4O4/c1-23(34,15-5-3-2-4-6-15)22(33)30-17-7-8-18(24(25,26)12-17)19(30)21(32)29-16(13-27)11-14-9-10-28-20(14)31/h2-6,14,16-19,34H,7-12H2,1H3,(H,28,31)(H,29,32)/t14-,16-,17+,18+,19+,23+/m0/s1. The molecule has 1 aromatic rings. The third-order valence-electron chi connectivity index (χ3n) is 7.35. The molecule has 3 saturated heterocycles. The number of alkyl halides is 2. The fourth-order valence-electron chi connectivity index (χ4n) is 5.49. The predicted molar refractivity (Wildman–Crippen MR) is 116 cm³/mol. The second-order valence-electron chi connectivity index (χ2n) is 9.60. The first kappa shape index (κ1) is 24.1. The highest BCUT2D eigenvalue weighted by Crippen LogP contribution is 2.50. The number of aliphatic hydroxyl groups is 1. The number of nitrogens with zero attached hydrogens (tertiary/aromatic N) is 2. The molecule has 3 N–H and O–H groups in total. The van der Waals surface area contributed by atoms with E-state index < -0.39 is 59.7 Å². The summed E-state index contributed by atoms with van der Waals surface area (Å²) in [6.07, 6.45) is 0.340. The minimum atomic E-state index is -3.16. The third-order valence-corrected chi connectivity index (χ3v) is 7.35. The lowest BCUT2D eigenvalue weighted by Gasteiger charge is -2.54. The molecule has 2 bridgehead atoms. The molecular weight excluding hydrogens is 446 g/mol. The van der Waals surface area contributed by atoms with Crippen molar-refractivity contribution in [2.45, 2.75) is 68.7 Å². The molecule has 3 aliphatic heterocycles. The van der Waals surface area contributed by atoms with E-state index in [1.807, 2.05) is 6.07 Å². The molecule has 6 atom stereocenters. The fraction of sp³-hybridized carbons (Fsp3) is 0.583. The van der Waals surface area contributed by atoms with Crippen molar-refractivity contribution in [3.05, 3.63) is 35.9 Å². The molecular formula is C24H28F2N4O4. The summed E-state index contributed by atoms with van der Waals surface area (Å²) in [5.74, 6) is -6.95. The van der Waals surface area contributed by atoms with Crippen molar-refractivity contribution in [3.63, 3.8) is 0 Å². The summed E-state index contributed by atoms with van der Waals surface area (Å²) < 4.78 is 29.7. The van der Waals surface area contributed by atoms with Crippen LogP contribution in [0.15, 0.2) is 30.3 Å². The molecule has 0 radical (unpaired) electrons. The molecule has 4 aliphatic rings. The van der Waals surface area contributed by atoms with E-state index in [-0.39, 0.29) is 24.3 Å². The van der Waals surface area contributed by atoms with Gasteiger partial charge >= 0.3 is 0 Å². The van der Waals surface area contributed by atoms with Crippen molar-refractivity contribution in [1.29, 1.82) is 5.26 Å². The van der Waals surface area contributed by atoms with E-state index in [0.717, 1.165) is 4.90 Å². The summed E-state index contributed by atoms with van der Waals surface area (Å²) in [6.45, 7) is 1.77. The molecule has 0 spiro atoms. The summed E-state index contributed by atoms with van der Waals surface area (Å²) in [5, 5.41) is 25.8. The van der Waals surface area contributed by atoms with Crippen molar-refractivity contribution < 1.29 is 28.3 Å². The van der Waals surface area contributed by atoms with Crippen molar-refractivity contribution in [2.75, 3.05) is 6.54 Å². The topological polar surface area (TPSA) is 123 Å². The zero-order valence-corrected chi connectivity index (χ0v) is 18.8. The second kappa shape index (κ2) is 8.95. The molecule has 34 heavy (non-hydrogen) atoms.